The van der Waals surface area contributed by atoms with Crippen molar-refractivity contribution in [2.75, 3.05) is 14.2 Å². The number of benzene rings is 2. The second-order valence-electron chi connectivity index (χ2n) is 7.57. The number of hydrogen-bond donors (Lipinski definition) is 1. The fourth-order valence-corrected chi connectivity index (χ4v) is 4.02. The van der Waals surface area contributed by atoms with E-state index in [-0.39, 0.29) is 17.9 Å². The third-order valence-electron chi connectivity index (χ3n) is 5.51. The monoisotopic (exact) mass is 467 g/mol. The number of carbonyl (C=O) groups excluding carboxylic acids is 2. The van der Waals surface area contributed by atoms with Crippen LogP contribution in [-0.2, 0) is 16.1 Å². The van der Waals surface area contributed by atoms with Gasteiger partial charge in [0.05, 0.1) is 24.8 Å². The van der Waals surface area contributed by atoms with E-state index < -0.39 is 17.7 Å². The van der Waals surface area contributed by atoms with E-state index in [1.165, 1.54) is 18.1 Å². The Morgan fingerprint density at radius 2 is 1.79 bits per heavy atom. The summed E-state index contributed by atoms with van der Waals surface area (Å²) in [4.78, 5) is 27.6. The lowest BCUT2D eigenvalue weighted by Gasteiger charge is -2.23. The van der Waals surface area contributed by atoms with Crippen molar-refractivity contribution >= 4 is 29.1 Å². The maximum Gasteiger partial charge on any atom is 0.296 e. The highest BCUT2D eigenvalue weighted by atomic mass is 35.5. The van der Waals surface area contributed by atoms with Crippen molar-refractivity contribution in [3.05, 3.63) is 87.8 Å². The summed E-state index contributed by atoms with van der Waals surface area (Å²) in [5, 5.41) is 11.5. The summed E-state index contributed by atoms with van der Waals surface area (Å²) in [6, 6.07) is 14.3. The van der Waals surface area contributed by atoms with Gasteiger partial charge in [-0.3, -0.25) is 9.59 Å². The first kappa shape index (κ1) is 22.5. The fourth-order valence-electron chi connectivity index (χ4n) is 3.83. The van der Waals surface area contributed by atoms with Crippen LogP contribution < -0.4 is 9.47 Å². The Bertz CT molecular complexity index is 1240. The van der Waals surface area contributed by atoms with Gasteiger partial charge >= 0.3 is 0 Å². The lowest BCUT2D eigenvalue weighted by molar-refractivity contribution is -0.140. The third kappa shape index (κ3) is 4.19. The van der Waals surface area contributed by atoms with Gasteiger partial charge in [0, 0.05) is 12.1 Å². The first-order valence-corrected chi connectivity index (χ1v) is 10.5. The van der Waals surface area contributed by atoms with Gasteiger partial charge in [-0.25, -0.2) is 0 Å². The van der Waals surface area contributed by atoms with Crippen LogP contribution in [0.4, 0.5) is 0 Å². The standard InChI is InChI=1S/C25H22ClNO6/c1-14-4-11-19(33-14)22-21(23(28)16-7-10-18(26)20(12-16)32-3)24(29)25(30)27(22)13-15-5-8-17(31-2)9-6-15/h4-12,22,28H,13H2,1-3H3/b23-21-. The zero-order valence-corrected chi connectivity index (χ0v) is 19.1. The van der Waals surface area contributed by atoms with E-state index in [9.17, 15) is 14.7 Å². The first-order chi connectivity index (χ1) is 15.8. The number of ether oxygens (including phenoxy) is 2. The average molecular weight is 468 g/mol. The van der Waals surface area contributed by atoms with Gasteiger partial charge in [-0.05, 0) is 55.0 Å². The van der Waals surface area contributed by atoms with Gasteiger partial charge in [0.25, 0.3) is 11.7 Å². The molecule has 3 aromatic rings. The maximum atomic E-state index is 13.1. The van der Waals surface area contributed by atoms with E-state index in [4.69, 9.17) is 25.5 Å². The average Bonchev–Trinajstić information content (AvgIpc) is 3.35. The summed E-state index contributed by atoms with van der Waals surface area (Å²) in [6.07, 6.45) is 0. The van der Waals surface area contributed by atoms with Crippen molar-refractivity contribution < 1.29 is 28.6 Å². The number of furan rings is 1. The lowest BCUT2D eigenvalue weighted by atomic mass is 9.99. The highest BCUT2D eigenvalue weighted by Crippen LogP contribution is 2.41. The number of aliphatic hydroxyl groups is 1. The third-order valence-corrected chi connectivity index (χ3v) is 5.82. The zero-order valence-electron chi connectivity index (χ0n) is 18.3. The van der Waals surface area contributed by atoms with Crippen LogP contribution in [-0.4, -0.2) is 35.9 Å². The molecule has 2 heterocycles. The Morgan fingerprint density at radius 3 is 2.39 bits per heavy atom. The van der Waals surface area contributed by atoms with Gasteiger partial charge in [-0.1, -0.05) is 23.7 Å². The lowest BCUT2D eigenvalue weighted by Crippen LogP contribution is -2.29. The number of carbonyl (C=O) groups is 2. The number of methoxy groups -OCH3 is 2. The Labute approximate surface area is 195 Å². The van der Waals surface area contributed by atoms with Gasteiger partial charge in [0.2, 0.25) is 0 Å². The van der Waals surface area contributed by atoms with Crippen molar-refractivity contribution in [1.29, 1.82) is 0 Å². The first-order valence-electron chi connectivity index (χ1n) is 10.2. The number of likely N-dealkylation sites (tertiary alicyclic amines) is 1. The Kier molecular flexibility index (Phi) is 6.16. The summed E-state index contributed by atoms with van der Waals surface area (Å²) in [5.41, 5.74) is 1.03. The minimum Gasteiger partial charge on any atom is -0.507 e. The smallest absolute Gasteiger partial charge is 0.296 e. The Hall–Kier alpha value is -3.71. The molecule has 170 valence electrons. The molecule has 33 heavy (non-hydrogen) atoms. The summed E-state index contributed by atoms with van der Waals surface area (Å²) >= 11 is 6.10. The van der Waals surface area contributed by atoms with Gasteiger partial charge in [0.1, 0.15) is 34.8 Å². The SMILES string of the molecule is COc1ccc(CN2C(=O)C(=O)/C(=C(\O)c3ccc(Cl)c(OC)c3)C2c2ccc(C)o2)cc1. The van der Waals surface area contributed by atoms with Gasteiger partial charge < -0.3 is 23.9 Å². The van der Waals surface area contributed by atoms with Crippen molar-refractivity contribution in [3.8, 4) is 11.5 Å². The molecule has 0 spiro atoms. The number of aryl methyl sites for hydroxylation is 1. The largest absolute Gasteiger partial charge is 0.507 e. The summed E-state index contributed by atoms with van der Waals surface area (Å²) < 4.78 is 16.2. The summed E-state index contributed by atoms with van der Waals surface area (Å²) in [7, 11) is 3.02. The molecular weight excluding hydrogens is 446 g/mol. The molecule has 1 aliphatic rings. The fraction of sp³-hybridized carbons (Fsp3) is 0.200. The molecule has 0 aliphatic carbocycles. The van der Waals surface area contributed by atoms with Crippen LogP contribution in [0.15, 0.2) is 64.6 Å². The molecule has 2 aromatic carbocycles. The van der Waals surface area contributed by atoms with Crippen molar-refractivity contribution in [3.63, 3.8) is 0 Å². The van der Waals surface area contributed by atoms with Crippen LogP contribution in [0.25, 0.3) is 5.76 Å². The van der Waals surface area contributed by atoms with Crippen LogP contribution in [0.2, 0.25) is 5.02 Å². The van der Waals surface area contributed by atoms with Gasteiger partial charge in [-0.15, -0.1) is 0 Å². The number of hydrogen-bond acceptors (Lipinski definition) is 6. The number of amides is 1. The molecule has 1 saturated heterocycles. The zero-order chi connectivity index (χ0) is 23.7. The molecule has 8 heteroatoms. The Balaban J connectivity index is 1.82. The van der Waals surface area contributed by atoms with Crippen LogP contribution in [0.3, 0.4) is 0 Å². The molecule has 1 amide bonds. The second-order valence-corrected chi connectivity index (χ2v) is 7.98. The van der Waals surface area contributed by atoms with Gasteiger partial charge in [-0.2, -0.15) is 0 Å². The minimum atomic E-state index is -0.900. The number of aliphatic hydroxyl groups excluding tert-OH is 1. The van der Waals surface area contributed by atoms with Crippen molar-refractivity contribution in [2.45, 2.75) is 19.5 Å². The second kappa shape index (κ2) is 9.03. The molecule has 1 fully saturated rings. The number of ketones is 1. The van der Waals surface area contributed by atoms with Crippen molar-refractivity contribution in [1.82, 2.24) is 4.90 Å². The molecule has 1 N–H and O–H groups in total. The van der Waals surface area contributed by atoms with Crippen LogP contribution in [0, 0.1) is 6.92 Å². The molecule has 0 bridgehead atoms. The molecule has 1 atom stereocenters. The van der Waals surface area contributed by atoms with Gasteiger partial charge in [0.15, 0.2) is 0 Å². The topological polar surface area (TPSA) is 89.2 Å². The molecule has 1 unspecified atom stereocenters. The Morgan fingerprint density at radius 1 is 1.06 bits per heavy atom. The van der Waals surface area contributed by atoms with E-state index >= 15 is 0 Å². The van der Waals surface area contributed by atoms with Crippen molar-refractivity contribution in [2.24, 2.45) is 0 Å². The minimum absolute atomic E-state index is 0.0627. The van der Waals surface area contributed by atoms with E-state index in [0.29, 0.717) is 33.6 Å². The maximum absolute atomic E-state index is 13.1. The predicted octanol–water partition coefficient (Wildman–Crippen LogP) is 4.88. The number of halogens is 1. The number of rotatable bonds is 6. The molecule has 1 aliphatic heterocycles. The van der Waals surface area contributed by atoms with E-state index in [1.54, 1.807) is 50.4 Å². The highest BCUT2D eigenvalue weighted by molar-refractivity contribution is 6.46. The van der Waals surface area contributed by atoms with Crippen LogP contribution >= 0.6 is 11.6 Å². The van der Waals surface area contributed by atoms with E-state index in [1.807, 2.05) is 12.1 Å². The highest BCUT2D eigenvalue weighted by Gasteiger charge is 2.47. The van der Waals surface area contributed by atoms with E-state index in [2.05, 4.69) is 0 Å². The number of nitrogens with zero attached hydrogens (tertiary/aromatic N) is 1. The molecular formula is C25H22ClNO6. The molecule has 0 radical (unpaired) electrons. The quantitative estimate of drug-likeness (QED) is 0.316. The molecule has 0 saturated carbocycles. The molecule has 4 rings (SSSR count). The van der Waals surface area contributed by atoms with Crippen LogP contribution in [0.1, 0.15) is 28.7 Å². The summed E-state index contributed by atoms with van der Waals surface area (Å²) in [6.45, 7) is 1.91. The normalized spacial score (nSPS) is 17.5. The predicted molar refractivity (Wildman–Crippen MR) is 122 cm³/mol. The summed E-state index contributed by atoms with van der Waals surface area (Å²) in [5.74, 6) is 0.145. The molecule has 1 aromatic heterocycles. The molecule has 7 nitrogen and oxygen atoms in total. The van der Waals surface area contributed by atoms with E-state index in [0.717, 1.165) is 5.56 Å². The van der Waals surface area contributed by atoms with Crippen LogP contribution in [0.5, 0.6) is 11.5 Å². The number of Topliss-reactive ketones (excluding diaryl/α,β-unsaturated/α-hetero) is 1.